The Hall–Kier alpha value is -4.01. The Kier molecular flexibility index (Phi) is 5.72. The van der Waals surface area contributed by atoms with E-state index >= 15 is 0 Å². The number of hydrogen-bond donors (Lipinski definition) is 1. The van der Waals surface area contributed by atoms with E-state index < -0.39 is 17.2 Å². The first-order valence-electron chi connectivity index (χ1n) is 9.61. The van der Waals surface area contributed by atoms with E-state index in [0.29, 0.717) is 11.3 Å². The molecular weight excluding hydrogens is 420 g/mol. The summed E-state index contributed by atoms with van der Waals surface area (Å²) >= 11 is 0. The number of benzene rings is 2. The fraction of sp³-hybridized carbons (Fsp3) is 0.174. The fourth-order valence-electron chi connectivity index (χ4n) is 3.70. The number of aromatic nitrogens is 1. The van der Waals surface area contributed by atoms with Crippen molar-refractivity contribution in [2.45, 2.75) is 12.5 Å². The maximum atomic E-state index is 14.7. The maximum Gasteiger partial charge on any atom is 0.320 e. The van der Waals surface area contributed by atoms with Gasteiger partial charge in [0.05, 0.1) is 13.3 Å². The molecule has 0 fully saturated rings. The Morgan fingerprint density at radius 1 is 1.12 bits per heavy atom. The van der Waals surface area contributed by atoms with E-state index in [-0.39, 0.29) is 30.2 Å². The third kappa shape index (κ3) is 3.84. The van der Waals surface area contributed by atoms with Gasteiger partial charge in [-0.1, -0.05) is 12.1 Å². The Morgan fingerprint density at radius 2 is 1.91 bits per heavy atom. The van der Waals surface area contributed by atoms with Crippen LogP contribution in [0.1, 0.15) is 16.7 Å². The monoisotopic (exact) mass is 439 g/mol. The molecule has 0 aliphatic carbocycles. The molecule has 0 saturated heterocycles. The summed E-state index contributed by atoms with van der Waals surface area (Å²) in [6.07, 6.45) is 2.43. The first kappa shape index (κ1) is 21.2. The van der Waals surface area contributed by atoms with Gasteiger partial charge in [-0.2, -0.15) is 5.48 Å². The molecule has 0 bridgehead atoms. The van der Waals surface area contributed by atoms with Crippen molar-refractivity contribution in [2.75, 3.05) is 13.7 Å². The summed E-state index contributed by atoms with van der Waals surface area (Å²) in [4.78, 5) is 23.5. The number of amidine groups is 1. The predicted octanol–water partition coefficient (Wildman–Crippen LogP) is 3.65. The van der Waals surface area contributed by atoms with Gasteiger partial charge in [-0.25, -0.2) is 13.8 Å². The highest BCUT2D eigenvalue weighted by molar-refractivity contribution is 5.77. The van der Waals surface area contributed by atoms with Crippen LogP contribution in [-0.2, 0) is 19.9 Å². The number of carbonyl (C=O) groups excluding carboxylic acids is 1. The van der Waals surface area contributed by atoms with E-state index in [1.54, 1.807) is 25.3 Å². The highest BCUT2D eigenvalue weighted by Crippen LogP contribution is 2.41. The highest BCUT2D eigenvalue weighted by Gasteiger charge is 2.41. The van der Waals surface area contributed by atoms with Crippen LogP contribution >= 0.6 is 0 Å². The van der Waals surface area contributed by atoms with Crippen molar-refractivity contribution in [3.8, 4) is 16.9 Å². The largest absolute Gasteiger partial charge is 0.496 e. The summed E-state index contributed by atoms with van der Waals surface area (Å²) in [5.41, 5.74) is 3.89. The summed E-state index contributed by atoms with van der Waals surface area (Å²) < 4.78 is 39.4. The average Bonchev–Trinajstić information content (AvgIpc) is 3.23. The second kappa shape index (κ2) is 8.62. The fourth-order valence-corrected chi connectivity index (χ4v) is 3.70. The molecule has 9 heteroatoms. The van der Waals surface area contributed by atoms with Gasteiger partial charge in [-0.15, -0.1) is 0 Å². The van der Waals surface area contributed by atoms with E-state index in [0.717, 1.165) is 17.3 Å². The zero-order chi connectivity index (χ0) is 22.7. The summed E-state index contributed by atoms with van der Waals surface area (Å²) in [6, 6.07) is 11.2. The zero-order valence-corrected chi connectivity index (χ0v) is 17.3. The first-order valence-corrected chi connectivity index (χ1v) is 9.61. The van der Waals surface area contributed by atoms with Crippen LogP contribution in [0.15, 0.2) is 59.9 Å². The molecule has 2 aromatic carbocycles. The summed E-state index contributed by atoms with van der Waals surface area (Å²) in [5, 5.41) is 0. The zero-order valence-electron chi connectivity index (χ0n) is 17.3. The van der Waals surface area contributed by atoms with Crippen LogP contribution in [0, 0.1) is 18.6 Å². The van der Waals surface area contributed by atoms with Crippen molar-refractivity contribution in [2.24, 2.45) is 4.99 Å². The van der Waals surface area contributed by atoms with Crippen LogP contribution in [0.5, 0.6) is 5.75 Å². The number of carbonyl (C=O) groups is 1. The standard InChI is InChI=1S/C23H19F2N3O4/c1-14-7-16(4-6-21(14)30-2)23(12-31-22(27-23)28-32-13-29)17-3-5-20(25)19(9-17)15-8-18(24)11-26-10-15/h3-11,13H,12H2,1-2H3,(H,27,28). The topological polar surface area (TPSA) is 82.0 Å². The predicted molar refractivity (Wildman–Crippen MR) is 112 cm³/mol. The van der Waals surface area contributed by atoms with Crippen LogP contribution in [-0.4, -0.2) is 31.2 Å². The molecule has 0 amide bonds. The number of hydrogen-bond acceptors (Lipinski definition) is 7. The van der Waals surface area contributed by atoms with Gasteiger partial charge in [0, 0.05) is 17.3 Å². The number of ether oxygens (including phenoxy) is 2. The lowest BCUT2D eigenvalue weighted by Gasteiger charge is -2.26. The average molecular weight is 439 g/mol. The number of hydroxylamine groups is 1. The second-order valence-corrected chi connectivity index (χ2v) is 7.15. The molecule has 3 aromatic rings. The molecule has 2 heterocycles. The normalized spacial score (nSPS) is 17.3. The molecule has 0 saturated carbocycles. The lowest BCUT2D eigenvalue weighted by atomic mass is 9.82. The summed E-state index contributed by atoms with van der Waals surface area (Å²) in [7, 11) is 1.58. The van der Waals surface area contributed by atoms with E-state index in [1.165, 1.54) is 18.3 Å². The number of aryl methyl sites for hydroxylation is 1. The molecule has 4 rings (SSSR count). The number of pyridine rings is 1. The van der Waals surface area contributed by atoms with Gasteiger partial charge in [-0.05, 0) is 53.9 Å². The number of aliphatic imine (C=N–C) groups is 1. The molecule has 1 atom stereocenters. The third-order valence-corrected chi connectivity index (χ3v) is 5.24. The molecule has 0 spiro atoms. The van der Waals surface area contributed by atoms with E-state index in [9.17, 15) is 13.6 Å². The maximum absolute atomic E-state index is 14.7. The van der Waals surface area contributed by atoms with Crippen molar-refractivity contribution in [1.29, 1.82) is 0 Å². The molecule has 0 radical (unpaired) electrons. The minimum atomic E-state index is -1.09. The van der Waals surface area contributed by atoms with Gasteiger partial charge in [-0.3, -0.25) is 9.78 Å². The lowest BCUT2D eigenvalue weighted by Crippen LogP contribution is -2.27. The number of nitrogens with one attached hydrogen (secondary N) is 1. The molecular formula is C23H19F2N3O4. The molecule has 1 unspecified atom stereocenters. The SMILES string of the molecule is COc1ccc(C2(c3ccc(F)c(-c4cncc(F)c4)c3)COC(NOC=O)=N2)cc1C. The van der Waals surface area contributed by atoms with Crippen molar-refractivity contribution in [1.82, 2.24) is 10.5 Å². The van der Waals surface area contributed by atoms with Gasteiger partial charge in [0.25, 0.3) is 0 Å². The van der Waals surface area contributed by atoms with Gasteiger partial charge < -0.3 is 14.3 Å². The van der Waals surface area contributed by atoms with Crippen LogP contribution in [0.25, 0.3) is 11.1 Å². The van der Waals surface area contributed by atoms with Crippen LogP contribution in [0.3, 0.4) is 0 Å². The van der Waals surface area contributed by atoms with Crippen molar-refractivity contribution in [3.05, 3.63) is 83.2 Å². The summed E-state index contributed by atoms with van der Waals surface area (Å²) in [5.74, 6) is -0.416. The molecule has 32 heavy (non-hydrogen) atoms. The Balaban J connectivity index is 1.88. The van der Waals surface area contributed by atoms with E-state index in [2.05, 4.69) is 20.3 Å². The van der Waals surface area contributed by atoms with E-state index in [4.69, 9.17) is 9.47 Å². The van der Waals surface area contributed by atoms with Crippen LogP contribution < -0.4 is 10.2 Å². The second-order valence-electron chi connectivity index (χ2n) is 7.15. The third-order valence-electron chi connectivity index (χ3n) is 5.24. The molecule has 1 aliphatic rings. The quantitative estimate of drug-likeness (QED) is 0.467. The molecule has 1 N–H and O–H groups in total. The molecule has 164 valence electrons. The Morgan fingerprint density at radius 3 is 2.62 bits per heavy atom. The highest BCUT2D eigenvalue weighted by atomic mass is 19.1. The van der Waals surface area contributed by atoms with Gasteiger partial charge in [0.1, 0.15) is 24.0 Å². The Labute approximate surface area is 182 Å². The first-order chi connectivity index (χ1) is 15.5. The number of methoxy groups -OCH3 is 1. The lowest BCUT2D eigenvalue weighted by molar-refractivity contribution is -0.132. The number of nitrogens with zero attached hydrogens (tertiary/aromatic N) is 2. The van der Waals surface area contributed by atoms with Gasteiger partial charge >= 0.3 is 12.5 Å². The minimum Gasteiger partial charge on any atom is -0.496 e. The van der Waals surface area contributed by atoms with E-state index in [1.807, 2.05) is 19.1 Å². The number of rotatable bonds is 6. The van der Waals surface area contributed by atoms with Gasteiger partial charge in [0.15, 0.2) is 5.54 Å². The minimum absolute atomic E-state index is 0.0103. The molecule has 7 nitrogen and oxygen atoms in total. The van der Waals surface area contributed by atoms with Gasteiger partial charge in [0.2, 0.25) is 0 Å². The van der Waals surface area contributed by atoms with Crippen LogP contribution in [0.4, 0.5) is 8.78 Å². The van der Waals surface area contributed by atoms with Crippen molar-refractivity contribution in [3.63, 3.8) is 0 Å². The van der Waals surface area contributed by atoms with Crippen molar-refractivity contribution < 1.29 is 27.9 Å². The molecule has 1 aliphatic heterocycles. The Bertz CT molecular complexity index is 1200. The van der Waals surface area contributed by atoms with Crippen LogP contribution in [0.2, 0.25) is 0 Å². The smallest absolute Gasteiger partial charge is 0.320 e. The summed E-state index contributed by atoms with van der Waals surface area (Å²) in [6.45, 7) is 2.14. The number of halogens is 2. The van der Waals surface area contributed by atoms with Crippen molar-refractivity contribution >= 4 is 12.5 Å². The molecule has 1 aromatic heterocycles.